The van der Waals surface area contributed by atoms with Crippen molar-refractivity contribution in [3.8, 4) is 0 Å². The monoisotopic (exact) mass is 226 g/mol. The molecule has 1 aliphatic rings. The lowest BCUT2D eigenvalue weighted by atomic mass is 9.96. The number of fused-ring (bicyclic) bond motifs is 1. The van der Waals surface area contributed by atoms with Crippen molar-refractivity contribution in [1.82, 2.24) is 0 Å². The molecule has 0 aliphatic heterocycles. The van der Waals surface area contributed by atoms with E-state index < -0.39 is 5.97 Å². The minimum Gasteiger partial charge on any atom is -0.481 e. The molecule has 3 nitrogen and oxygen atoms in total. The fourth-order valence-corrected chi connectivity index (χ4v) is 3.21. The fourth-order valence-electron chi connectivity index (χ4n) is 1.94. The van der Waals surface area contributed by atoms with Crippen LogP contribution in [-0.2, 0) is 17.6 Å². The number of aliphatic hydroxyl groups excluding tert-OH is 1. The maximum Gasteiger partial charge on any atom is 0.303 e. The third-order valence-electron chi connectivity index (χ3n) is 2.72. The van der Waals surface area contributed by atoms with Crippen LogP contribution in [-0.4, -0.2) is 16.2 Å². The molecule has 1 aliphatic carbocycles. The molecular formula is C11H14O3S. The van der Waals surface area contributed by atoms with Gasteiger partial charge in [0.15, 0.2) is 0 Å². The average molecular weight is 226 g/mol. The van der Waals surface area contributed by atoms with Gasteiger partial charge < -0.3 is 10.2 Å². The molecule has 82 valence electrons. The number of hydrogen-bond acceptors (Lipinski definition) is 3. The molecule has 1 aromatic rings. The predicted octanol–water partition coefficient (Wildman–Crippen LogP) is 2.14. The molecule has 1 aromatic heterocycles. The van der Waals surface area contributed by atoms with Crippen molar-refractivity contribution in [1.29, 1.82) is 0 Å². The predicted molar refractivity (Wildman–Crippen MR) is 58.2 cm³/mol. The molecule has 0 aromatic carbocycles. The third-order valence-corrected chi connectivity index (χ3v) is 3.99. The molecule has 1 heterocycles. The summed E-state index contributed by atoms with van der Waals surface area (Å²) in [6, 6.07) is 1.98. The van der Waals surface area contributed by atoms with E-state index in [1.165, 1.54) is 4.88 Å². The Bertz CT molecular complexity index is 370. The van der Waals surface area contributed by atoms with Crippen LogP contribution in [0.3, 0.4) is 0 Å². The van der Waals surface area contributed by atoms with Crippen LogP contribution in [0.1, 0.15) is 40.7 Å². The second-order valence-corrected chi connectivity index (χ2v) is 5.11. The van der Waals surface area contributed by atoms with Crippen LogP contribution in [0.25, 0.3) is 0 Å². The molecule has 0 saturated carbocycles. The molecule has 0 radical (unpaired) electrons. The van der Waals surface area contributed by atoms with Gasteiger partial charge in [-0.15, -0.1) is 11.3 Å². The zero-order valence-corrected chi connectivity index (χ0v) is 9.22. The van der Waals surface area contributed by atoms with Gasteiger partial charge in [-0.3, -0.25) is 4.79 Å². The number of carbonyl (C=O) groups is 1. The Labute approximate surface area is 92.4 Å². The van der Waals surface area contributed by atoms with E-state index in [9.17, 15) is 9.90 Å². The number of rotatable bonds is 3. The second kappa shape index (κ2) is 4.33. The number of carboxylic acid groups (broad SMARTS) is 1. The Morgan fingerprint density at radius 1 is 1.60 bits per heavy atom. The molecule has 1 atom stereocenters. The van der Waals surface area contributed by atoms with Gasteiger partial charge in [-0.2, -0.15) is 0 Å². The SMILES string of the molecule is O=C(O)CCc1cc2c(s1)CCCC2O. The van der Waals surface area contributed by atoms with Crippen LogP contribution in [0.2, 0.25) is 0 Å². The van der Waals surface area contributed by atoms with Crippen LogP contribution in [0, 0.1) is 0 Å². The van der Waals surface area contributed by atoms with Crippen molar-refractivity contribution in [2.45, 2.75) is 38.2 Å². The van der Waals surface area contributed by atoms with Crippen LogP contribution in [0.4, 0.5) is 0 Å². The molecule has 0 spiro atoms. The highest BCUT2D eigenvalue weighted by atomic mass is 32.1. The highest BCUT2D eigenvalue weighted by molar-refractivity contribution is 7.12. The molecule has 15 heavy (non-hydrogen) atoms. The highest BCUT2D eigenvalue weighted by Crippen LogP contribution is 2.35. The average Bonchev–Trinajstić information content (AvgIpc) is 2.59. The fraction of sp³-hybridized carbons (Fsp3) is 0.545. The van der Waals surface area contributed by atoms with Gasteiger partial charge >= 0.3 is 5.97 Å². The maximum atomic E-state index is 10.4. The summed E-state index contributed by atoms with van der Waals surface area (Å²) < 4.78 is 0. The van der Waals surface area contributed by atoms with Gasteiger partial charge in [-0.1, -0.05) is 0 Å². The van der Waals surface area contributed by atoms with E-state index in [4.69, 9.17) is 5.11 Å². The molecule has 4 heteroatoms. The number of carboxylic acids is 1. The van der Waals surface area contributed by atoms with E-state index in [0.717, 1.165) is 29.7 Å². The van der Waals surface area contributed by atoms with Crippen LogP contribution >= 0.6 is 11.3 Å². The zero-order valence-electron chi connectivity index (χ0n) is 8.40. The van der Waals surface area contributed by atoms with E-state index in [1.54, 1.807) is 11.3 Å². The largest absolute Gasteiger partial charge is 0.481 e. The minimum atomic E-state index is -0.762. The Kier molecular flexibility index (Phi) is 3.07. The summed E-state index contributed by atoms with van der Waals surface area (Å²) in [5.41, 5.74) is 1.03. The Morgan fingerprint density at radius 2 is 2.40 bits per heavy atom. The molecular weight excluding hydrogens is 212 g/mol. The number of aliphatic carboxylic acids is 1. The van der Waals surface area contributed by atoms with Gasteiger partial charge in [0.2, 0.25) is 0 Å². The summed E-state index contributed by atoms with van der Waals surface area (Å²) in [7, 11) is 0. The maximum absolute atomic E-state index is 10.4. The summed E-state index contributed by atoms with van der Waals surface area (Å²) in [5, 5.41) is 18.3. The minimum absolute atomic E-state index is 0.176. The number of aliphatic hydroxyl groups is 1. The van der Waals surface area contributed by atoms with Gasteiger partial charge in [0, 0.05) is 9.75 Å². The first kappa shape index (κ1) is 10.6. The molecule has 2 N–H and O–H groups in total. The number of aryl methyl sites for hydroxylation is 2. The summed E-state index contributed by atoms with van der Waals surface area (Å²) >= 11 is 1.66. The molecule has 0 saturated heterocycles. The van der Waals surface area contributed by atoms with Crippen molar-refractivity contribution >= 4 is 17.3 Å². The molecule has 0 bridgehead atoms. The summed E-state index contributed by atoms with van der Waals surface area (Å²) in [6.45, 7) is 0. The van der Waals surface area contributed by atoms with E-state index in [2.05, 4.69) is 0 Å². The highest BCUT2D eigenvalue weighted by Gasteiger charge is 2.20. The smallest absolute Gasteiger partial charge is 0.303 e. The van der Waals surface area contributed by atoms with Crippen molar-refractivity contribution < 1.29 is 15.0 Å². The lowest BCUT2D eigenvalue weighted by molar-refractivity contribution is -0.136. The summed E-state index contributed by atoms with van der Waals surface area (Å²) in [6.07, 6.45) is 3.33. The van der Waals surface area contributed by atoms with Gasteiger partial charge in [0.25, 0.3) is 0 Å². The molecule has 0 fully saturated rings. The third kappa shape index (κ3) is 2.38. The van der Waals surface area contributed by atoms with Crippen LogP contribution < -0.4 is 0 Å². The standard InChI is InChI=1S/C11H14O3S/c12-9-2-1-3-10-8(9)6-7(15-10)4-5-11(13)14/h6,9,12H,1-5H2,(H,13,14). The van der Waals surface area contributed by atoms with Gasteiger partial charge in [0.05, 0.1) is 12.5 Å². The Balaban J connectivity index is 2.11. The normalized spacial score (nSPS) is 19.9. The van der Waals surface area contributed by atoms with E-state index in [1.807, 2.05) is 6.07 Å². The first-order chi connectivity index (χ1) is 7.16. The summed E-state index contributed by atoms with van der Waals surface area (Å²) in [4.78, 5) is 12.8. The molecule has 0 amide bonds. The van der Waals surface area contributed by atoms with E-state index in [0.29, 0.717) is 6.42 Å². The summed E-state index contributed by atoms with van der Waals surface area (Å²) in [5.74, 6) is -0.762. The lowest BCUT2D eigenvalue weighted by Crippen LogP contribution is -2.05. The van der Waals surface area contributed by atoms with Crippen LogP contribution in [0.15, 0.2) is 6.07 Å². The lowest BCUT2D eigenvalue weighted by Gasteiger charge is -2.16. The van der Waals surface area contributed by atoms with Gasteiger partial charge in [-0.05, 0) is 37.3 Å². The first-order valence-corrected chi connectivity index (χ1v) is 6.00. The first-order valence-electron chi connectivity index (χ1n) is 5.18. The van der Waals surface area contributed by atoms with E-state index >= 15 is 0 Å². The van der Waals surface area contributed by atoms with E-state index in [-0.39, 0.29) is 12.5 Å². The van der Waals surface area contributed by atoms with Crippen LogP contribution in [0.5, 0.6) is 0 Å². The Hall–Kier alpha value is -0.870. The number of hydrogen-bond donors (Lipinski definition) is 2. The van der Waals surface area contributed by atoms with Crippen molar-refractivity contribution in [3.05, 3.63) is 21.4 Å². The molecule has 1 unspecified atom stereocenters. The van der Waals surface area contributed by atoms with Gasteiger partial charge in [-0.25, -0.2) is 0 Å². The van der Waals surface area contributed by atoms with Gasteiger partial charge in [0.1, 0.15) is 0 Å². The number of thiophene rings is 1. The topological polar surface area (TPSA) is 57.5 Å². The second-order valence-electron chi connectivity index (χ2n) is 3.89. The quantitative estimate of drug-likeness (QED) is 0.830. The van der Waals surface area contributed by atoms with Crippen molar-refractivity contribution in [3.63, 3.8) is 0 Å². The van der Waals surface area contributed by atoms with Crippen molar-refractivity contribution in [2.24, 2.45) is 0 Å². The molecule has 2 rings (SSSR count). The van der Waals surface area contributed by atoms with Crippen molar-refractivity contribution in [2.75, 3.05) is 0 Å². The Morgan fingerprint density at radius 3 is 3.07 bits per heavy atom. The zero-order chi connectivity index (χ0) is 10.8.